The van der Waals surface area contributed by atoms with Crippen molar-refractivity contribution in [2.45, 2.75) is 0 Å². The fourth-order valence-electron chi connectivity index (χ4n) is 0.986. The van der Waals surface area contributed by atoms with Crippen LogP contribution in [0, 0.1) is 0 Å². The summed E-state index contributed by atoms with van der Waals surface area (Å²) in [7, 11) is 3.14. The fourth-order valence-corrected chi connectivity index (χ4v) is 2.52. The molecule has 0 spiro atoms. The second kappa shape index (κ2) is 5.27. The van der Waals surface area contributed by atoms with Gasteiger partial charge in [-0.1, -0.05) is 0 Å². The normalized spacial score (nSPS) is 9.80. The van der Waals surface area contributed by atoms with E-state index in [9.17, 15) is 9.59 Å². The number of halogens is 1. The smallest absolute Gasteiger partial charge is 0.265 e. The molecule has 1 N–H and O–H groups in total. The van der Waals surface area contributed by atoms with Gasteiger partial charge in [0.15, 0.2) is 0 Å². The van der Waals surface area contributed by atoms with Crippen LogP contribution in [0.15, 0.2) is 15.9 Å². The SMILES string of the molecule is CNC(=O)CN(C)C(=O)c1sccc1Br. The zero-order valence-electron chi connectivity index (χ0n) is 8.41. The minimum Gasteiger partial charge on any atom is -0.358 e. The van der Waals surface area contributed by atoms with Crippen LogP contribution in [-0.2, 0) is 4.79 Å². The molecule has 4 nitrogen and oxygen atoms in total. The van der Waals surface area contributed by atoms with Crippen molar-refractivity contribution in [1.82, 2.24) is 10.2 Å². The maximum atomic E-state index is 11.8. The van der Waals surface area contributed by atoms with E-state index in [1.165, 1.54) is 16.2 Å². The molecule has 1 rings (SSSR count). The molecule has 1 aromatic heterocycles. The summed E-state index contributed by atoms with van der Waals surface area (Å²) in [5, 5.41) is 4.29. The lowest BCUT2D eigenvalue weighted by atomic mass is 10.4. The fraction of sp³-hybridized carbons (Fsp3) is 0.333. The van der Waals surface area contributed by atoms with Gasteiger partial charge in [-0.25, -0.2) is 0 Å². The average Bonchev–Trinajstić information content (AvgIpc) is 2.63. The van der Waals surface area contributed by atoms with Gasteiger partial charge in [-0.2, -0.15) is 0 Å². The Morgan fingerprint density at radius 1 is 1.60 bits per heavy atom. The Morgan fingerprint density at radius 2 is 2.27 bits per heavy atom. The number of hydrogen-bond acceptors (Lipinski definition) is 3. The third kappa shape index (κ3) is 3.04. The summed E-state index contributed by atoms with van der Waals surface area (Å²) >= 11 is 4.63. The number of hydrogen-bond donors (Lipinski definition) is 1. The predicted molar refractivity (Wildman–Crippen MR) is 63.0 cm³/mol. The Kier molecular flexibility index (Phi) is 4.28. The third-order valence-corrected chi connectivity index (χ3v) is 3.64. The van der Waals surface area contributed by atoms with Crippen molar-refractivity contribution in [3.63, 3.8) is 0 Å². The minimum atomic E-state index is -0.182. The second-order valence-corrected chi connectivity index (χ2v) is 4.70. The molecule has 0 saturated carbocycles. The van der Waals surface area contributed by atoms with Gasteiger partial charge >= 0.3 is 0 Å². The lowest BCUT2D eigenvalue weighted by Crippen LogP contribution is -2.36. The van der Waals surface area contributed by atoms with Gasteiger partial charge in [0, 0.05) is 18.6 Å². The van der Waals surface area contributed by atoms with E-state index in [2.05, 4.69) is 21.2 Å². The van der Waals surface area contributed by atoms with Crippen molar-refractivity contribution in [3.05, 3.63) is 20.8 Å². The molecule has 0 bridgehead atoms. The first-order valence-electron chi connectivity index (χ1n) is 4.25. The molecule has 0 atom stereocenters. The van der Waals surface area contributed by atoms with Gasteiger partial charge in [0.2, 0.25) is 5.91 Å². The van der Waals surface area contributed by atoms with E-state index in [-0.39, 0.29) is 18.4 Å². The van der Waals surface area contributed by atoms with Crippen LogP contribution in [0.3, 0.4) is 0 Å². The molecule has 15 heavy (non-hydrogen) atoms. The first-order valence-corrected chi connectivity index (χ1v) is 5.92. The van der Waals surface area contributed by atoms with E-state index in [1.807, 2.05) is 11.4 Å². The van der Waals surface area contributed by atoms with Gasteiger partial charge in [0.05, 0.1) is 6.54 Å². The number of amides is 2. The van der Waals surface area contributed by atoms with Crippen LogP contribution in [0.1, 0.15) is 9.67 Å². The number of nitrogens with one attached hydrogen (secondary N) is 1. The Morgan fingerprint density at radius 3 is 2.73 bits per heavy atom. The van der Waals surface area contributed by atoms with Crippen LogP contribution in [-0.4, -0.2) is 37.4 Å². The van der Waals surface area contributed by atoms with Gasteiger partial charge in [0.25, 0.3) is 5.91 Å². The maximum Gasteiger partial charge on any atom is 0.265 e. The Labute approximate surface area is 100 Å². The Hall–Kier alpha value is -0.880. The summed E-state index contributed by atoms with van der Waals surface area (Å²) in [4.78, 5) is 24.9. The van der Waals surface area contributed by atoms with Crippen LogP contribution >= 0.6 is 27.3 Å². The summed E-state index contributed by atoms with van der Waals surface area (Å²) in [5.41, 5.74) is 0. The van der Waals surface area contributed by atoms with Crippen LogP contribution in [0.4, 0.5) is 0 Å². The number of carbonyl (C=O) groups excluding carboxylic acids is 2. The first-order chi connectivity index (χ1) is 7.06. The number of thiophene rings is 1. The molecule has 0 aliphatic rings. The number of likely N-dealkylation sites (N-methyl/N-ethyl adjacent to an activating group) is 2. The van der Waals surface area contributed by atoms with Crippen molar-refractivity contribution in [3.8, 4) is 0 Å². The molecule has 0 saturated heterocycles. The molecular formula is C9H11BrN2O2S. The van der Waals surface area contributed by atoms with Crippen LogP contribution in [0.25, 0.3) is 0 Å². The number of nitrogens with zero attached hydrogens (tertiary/aromatic N) is 1. The van der Waals surface area contributed by atoms with Gasteiger partial charge in [-0.15, -0.1) is 11.3 Å². The average molecular weight is 291 g/mol. The van der Waals surface area contributed by atoms with E-state index in [0.29, 0.717) is 4.88 Å². The third-order valence-electron chi connectivity index (χ3n) is 1.82. The van der Waals surface area contributed by atoms with E-state index in [4.69, 9.17) is 0 Å². The summed E-state index contributed by atoms with van der Waals surface area (Å²) in [6, 6.07) is 1.81. The first kappa shape index (κ1) is 12.2. The minimum absolute atomic E-state index is 0.0691. The lowest BCUT2D eigenvalue weighted by Gasteiger charge is -2.15. The molecule has 6 heteroatoms. The highest BCUT2D eigenvalue weighted by molar-refractivity contribution is 9.10. The molecule has 1 heterocycles. The van der Waals surface area contributed by atoms with E-state index >= 15 is 0 Å². The van der Waals surface area contributed by atoms with Crippen molar-refractivity contribution in [2.75, 3.05) is 20.6 Å². The van der Waals surface area contributed by atoms with Gasteiger partial charge < -0.3 is 10.2 Å². The summed E-state index contributed by atoms with van der Waals surface area (Å²) in [6.45, 7) is 0.0691. The van der Waals surface area contributed by atoms with Crippen LogP contribution in [0.2, 0.25) is 0 Å². The second-order valence-electron chi connectivity index (χ2n) is 2.93. The van der Waals surface area contributed by atoms with E-state index in [0.717, 1.165) is 4.47 Å². The van der Waals surface area contributed by atoms with Gasteiger partial charge in [0.1, 0.15) is 4.88 Å². The summed E-state index contributed by atoms with van der Waals surface area (Å²) in [5.74, 6) is -0.334. The molecule has 0 unspecified atom stereocenters. The molecule has 82 valence electrons. The van der Waals surface area contributed by atoms with Crippen molar-refractivity contribution >= 4 is 39.1 Å². The number of rotatable bonds is 3. The quantitative estimate of drug-likeness (QED) is 0.913. The molecular weight excluding hydrogens is 280 g/mol. The molecule has 0 aliphatic heterocycles. The topological polar surface area (TPSA) is 49.4 Å². The van der Waals surface area contributed by atoms with Gasteiger partial charge in [-0.3, -0.25) is 9.59 Å². The highest BCUT2D eigenvalue weighted by Gasteiger charge is 2.17. The van der Waals surface area contributed by atoms with Gasteiger partial charge in [-0.05, 0) is 27.4 Å². The lowest BCUT2D eigenvalue weighted by molar-refractivity contribution is -0.121. The van der Waals surface area contributed by atoms with E-state index < -0.39 is 0 Å². The van der Waals surface area contributed by atoms with E-state index in [1.54, 1.807) is 14.1 Å². The summed E-state index contributed by atoms with van der Waals surface area (Å²) < 4.78 is 0.765. The molecule has 0 aliphatic carbocycles. The largest absolute Gasteiger partial charge is 0.358 e. The molecule has 2 amide bonds. The molecule has 0 radical (unpaired) electrons. The van der Waals surface area contributed by atoms with Crippen LogP contribution in [0.5, 0.6) is 0 Å². The molecule has 0 fully saturated rings. The Balaban J connectivity index is 2.69. The van der Waals surface area contributed by atoms with Crippen molar-refractivity contribution in [2.24, 2.45) is 0 Å². The summed E-state index contributed by atoms with van der Waals surface area (Å²) in [6.07, 6.45) is 0. The maximum absolute atomic E-state index is 11.8. The Bertz CT molecular complexity index is 378. The molecule has 1 aromatic rings. The highest BCUT2D eigenvalue weighted by atomic mass is 79.9. The predicted octanol–water partition coefficient (Wildman–Crippen LogP) is 1.33. The monoisotopic (exact) mass is 290 g/mol. The zero-order chi connectivity index (χ0) is 11.4. The van der Waals surface area contributed by atoms with Crippen molar-refractivity contribution in [1.29, 1.82) is 0 Å². The van der Waals surface area contributed by atoms with Crippen LogP contribution < -0.4 is 5.32 Å². The standard InChI is InChI=1S/C9H11BrN2O2S/c1-11-7(13)5-12(2)9(14)8-6(10)3-4-15-8/h3-4H,5H2,1-2H3,(H,11,13). The molecule has 0 aromatic carbocycles. The highest BCUT2D eigenvalue weighted by Crippen LogP contribution is 2.23. The van der Waals surface area contributed by atoms with Crippen molar-refractivity contribution < 1.29 is 9.59 Å². The zero-order valence-corrected chi connectivity index (χ0v) is 10.8. The number of carbonyl (C=O) groups is 2.